The van der Waals surface area contributed by atoms with Gasteiger partial charge in [0.05, 0.1) is 11.4 Å². The van der Waals surface area contributed by atoms with Gasteiger partial charge in [0.1, 0.15) is 0 Å². The van der Waals surface area contributed by atoms with Crippen molar-refractivity contribution in [3.05, 3.63) is 24.3 Å². The van der Waals surface area contributed by atoms with Crippen molar-refractivity contribution < 1.29 is 9.59 Å². The van der Waals surface area contributed by atoms with Gasteiger partial charge in [0.25, 0.3) is 0 Å². The van der Waals surface area contributed by atoms with Gasteiger partial charge in [-0.25, -0.2) is 0 Å². The van der Waals surface area contributed by atoms with Crippen LogP contribution < -0.4 is 10.2 Å². The predicted molar refractivity (Wildman–Crippen MR) is 91.6 cm³/mol. The molecule has 126 valence electrons. The number of benzene rings is 1. The maximum absolute atomic E-state index is 12.5. The molecule has 6 heteroatoms. The number of anilines is 1. The molecular weight excluding hydrogens is 304 g/mol. The summed E-state index contributed by atoms with van der Waals surface area (Å²) in [5, 5.41) is 11.3. The summed E-state index contributed by atoms with van der Waals surface area (Å²) in [4.78, 5) is 26.6. The Morgan fingerprint density at radius 3 is 2.83 bits per heavy atom. The van der Waals surface area contributed by atoms with Crippen LogP contribution in [0.1, 0.15) is 38.5 Å². The first-order valence-corrected chi connectivity index (χ1v) is 8.76. The lowest BCUT2D eigenvalue weighted by atomic mass is 9.95. The number of H-pyrrole nitrogens is 1. The summed E-state index contributed by atoms with van der Waals surface area (Å²) in [5.41, 5.74) is 0.899. The molecule has 1 aliphatic heterocycles. The lowest BCUT2D eigenvalue weighted by Crippen LogP contribution is -2.40. The zero-order valence-corrected chi connectivity index (χ0v) is 13.6. The number of para-hydroxylation sites is 1. The van der Waals surface area contributed by atoms with Crippen LogP contribution in [0.4, 0.5) is 5.82 Å². The van der Waals surface area contributed by atoms with Gasteiger partial charge in [-0.05, 0) is 25.0 Å². The van der Waals surface area contributed by atoms with E-state index in [0.717, 1.165) is 23.7 Å². The van der Waals surface area contributed by atoms with Crippen LogP contribution in [0.2, 0.25) is 0 Å². The maximum atomic E-state index is 12.5. The van der Waals surface area contributed by atoms with Crippen molar-refractivity contribution in [3.63, 3.8) is 0 Å². The molecule has 4 rings (SSSR count). The average Bonchev–Trinajstić information content (AvgIpc) is 3.19. The predicted octanol–water partition coefficient (Wildman–Crippen LogP) is 2.36. The molecule has 1 aromatic carbocycles. The molecular formula is C18H22N4O2. The van der Waals surface area contributed by atoms with E-state index in [-0.39, 0.29) is 30.2 Å². The Morgan fingerprint density at radius 1 is 1.21 bits per heavy atom. The molecule has 1 saturated carbocycles. The minimum atomic E-state index is -0.283. The van der Waals surface area contributed by atoms with Gasteiger partial charge < -0.3 is 5.32 Å². The molecule has 0 radical (unpaired) electrons. The SMILES string of the molecule is O=C(NC1CCCCC1)[C@@H]1CC(=O)N(c2n[nH]c3ccccc23)C1. The molecule has 2 aliphatic rings. The molecule has 2 aromatic rings. The maximum Gasteiger partial charge on any atom is 0.229 e. The summed E-state index contributed by atoms with van der Waals surface area (Å²) in [6.45, 7) is 0.409. The third-order valence-electron chi connectivity index (χ3n) is 5.15. The first kappa shape index (κ1) is 15.2. The number of aromatic amines is 1. The van der Waals surface area contributed by atoms with Gasteiger partial charge in [-0.2, -0.15) is 5.10 Å². The van der Waals surface area contributed by atoms with E-state index in [0.29, 0.717) is 12.4 Å². The van der Waals surface area contributed by atoms with E-state index in [1.54, 1.807) is 4.90 Å². The van der Waals surface area contributed by atoms with Gasteiger partial charge in [0, 0.05) is 24.4 Å². The highest BCUT2D eigenvalue weighted by atomic mass is 16.2. The van der Waals surface area contributed by atoms with Crippen molar-refractivity contribution >= 4 is 28.5 Å². The van der Waals surface area contributed by atoms with Crippen LogP contribution >= 0.6 is 0 Å². The topological polar surface area (TPSA) is 78.1 Å². The number of carbonyl (C=O) groups is 2. The summed E-state index contributed by atoms with van der Waals surface area (Å²) in [5.74, 6) is 0.326. The Bertz CT molecular complexity index is 763. The Labute approximate surface area is 140 Å². The number of nitrogens with one attached hydrogen (secondary N) is 2. The van der Waals surface area contributed by atoms with Crippen LogP contribution in [-0.4, -0.2) is 34.6 Å². The average molecular weight is 326 g/mol. The normalized spacial score (nSPS) is 22.2. The number of hydrogen-bond donors (Lipinski definition) is 2. The van der Waals surface area contributed by atoms with E-state index in [4.69, 9.17) is 0 Å². The van der Waals surface area contributed by atoms with Crippen molar-refractivity contribution in [2.75, 3.05) is 11.4 Å². The molecule has 1 aliphatic carbocycles. The lowest BCUT2D eigenvalue weighted by Gasteiger charge is -2.24. The monoisotopic (exact) mass is 326 g/mol. The van der Waals surface area contributed by atoms with Crippen molar-refractivity contribution in [2.24, 2.45) is 5.92 Å². The molecule has 6 nitrogen and oxygen atoms in total. The fourth-order valence-electron chi connectivity index (χ4n) is 3.81. The number of hydrogen-bond acceptors (Lipinski definition) is 3. The Hall–Kier alpha value is -2.37. The zero-order valence-electron chi connectivity index (χ0n) is 13.6. The van der Waals surface area contributed by atoms with Crippen LogP contribution in [0.25, 0.3) is 10.9 Å². The fraction of sp³-hybridized carbons (Fsp3) is 0.500. The fourth-order valence-corrected chi connectivity index (χ4v) is 3.81. The number of carbonyl (C=O) groups excluding carboxylic acids is 2. The van der Waals surface area contributed by atoms with Crippen molar-refractivity contribution in [1.82, 2.24) is 15.5 Å². The smallest absolute Gasteiger partial charge is 0.229 e. The Balaban J connectivity index is 1.47. The first-order valence-electron chi connectivity index (χ1n) is 8.76. The van der Waals surface area contributed by atoms with Gasteiger partial charge in [-0.3, -0.25) is 19.6 Å². The van der Waals surface area contributed by atoms with E-state index in [1.165, 1.54) is 19.3 Å². The summed E-state index contributed by atoms with van der Waals surface area (Å²) in [6, 6.07) is 8.00. The highest BCUT2D eigenvalue weighted by molar-refractivity contribution is 6.05. The minimum Gasteiger partial charge on any atom is -0.353 e. The second-order valence-electron chi connectivity index (χ2n) is 6.84. The van der Waals surface area contributed by atoms with Gasteiger partial charge >= 0.3 is 0 Å². The molecule has 2 fully saturated rings. The molecule has 0 unspecified atom stereocenters. The Morgan fingerprint density at radius 2 is 2.00 bits per heavy atom. The van der Waals surface area contributed by atoms with E-state index >= 15 is 0 Å². The first-order chi connectivity index (χ1) is 11.7. The van der Waals surface area contributed by atoms with Crippen LogP contribution in [0.5, 0.6) is 0 Å². The number of nitrogens with zero attached hydrogens (tertiary/aromatic N) is 2. The second kappa shape index (κ2) is 6.26. The van der Waals surface area contributed by atoms with Gasteiger partial charge in [-0.1, -0.05) is 31.4 Å². The second-order valence-corrected chi connectivity index (χ2v) is 6.84. The standard InChI is InChI=1S/C18H22N4O2/c23-16-10-12(18(24)19-13-6-2-1-3-7-13)11-22(16)17-14-8-4-5-9-15(14)20-21-17/h4-5,8-9,12-13H,1-3,6-7,10-11H2,(H,19,24)(H,20,21)/t12-/m1/s1. The summed E-state index contributed by atoms with van der Waals surface area (Å²) < 4.78 is 0. The molecule has 0 bridgehead atoms. The molecule has 0 spiro atoms. The number of fused-ring (bicyclic) bond motifs is 1. The van der Waals surface area contributed by atoms with Gasteiger partial charge in [0.15, 0.2) is 5.82 Å². The number of aromatic nitrogens is 2. The summed E-state index contributed by atoms with van der Waals surface area (Å²) in [7, 11) is 0. The molecule has 1 atom stereocenters. The van der Waals surface area contributed by atoms with Crippen molar-refractivity contribution in [3.8, 4) is 0 Å². The van der Waals surface area contributed by atoms with Gasteiger partial charge in [0.2, 0.25) is 11.8 Å². The molecule has 2 amide bonds. The Kier molecular flexibility index (Phi) is 3.96. The third kappa shape index (κ3) is 2.77. The van der Waals surface area contributed by atoms with E-state index in [1.807, 2.05) is 24.3 Å². The minimum absolute atomic E-state index is 0.0117. The number of amides is 2. The van der Waals surface area contributed by atoms with Crippen LogP contribution in [0.15, 0.2) is 24.3 Å². The molecule has 1 aromatic heterocycles. The summed E-state index contributed by atoms with van der Waals surface area (Å²) in [6.07, 6.45) is 5.99. The molecule has 24 heavy (non-hydrogen) atoms. The highest BCUT2D eigenvalue weighted by Crippen LogP contribution is 2.30. The van der Waals surface area contributed by atoms with Crippen molar-refractivity contribution in [1.29, 1.82) is 0 Å². The molecule has 2 N–H and O–H groups in total. The molecule has 1 saturated heterocycles. The van der Waals surface area contributed by atoms with Gasteiger partial charge in [-0.15, -0.1) is 0 Å². The van der Waals surface area contributed by atoms with E-state index in [2.05, 4.69) is 15.5 Å². The number of rotatable bonds is 3. The van der Waals surface area contributed by atoms with E-state index < -0.39 is 0 Å². The van der Waals surface area contributed by atoms with Crippen LogP contribution in [0.3, 0.4) is 0 Å². The quantitative estimate of drug-likeness (QED) is 0.909. The van der Waals surface area contributed by atoms with Crippen molar-refractivity contribution in [2.45, 2.75) is 44.6 Å². The van der Waals surface area contributed by atoms with E-state index in [9.17, 15) is 9.59 Å². The third-order valence-corrected chi connectivity index (χ3v) is 5.15. The zero-order chi connectivity index (χ0) is 16.5. The molecule has 2 heterocycles. The van der Waals surface area contributed by atoms with Crippen LogP contribution in [-0.2, 0) is 9.59 Å². The largest absolute Gasteiger partial charge is 0.353 e. The van der Waals surface area contributed by atoms with Crippen LogP contribution in [0, 0.1) is 5.92 Å². The highest BCUT2D eigenvalue weighted by Gasteiger charge is 2.37. The lowest BCUT2D eigenvalue weighted by molar-refractivity contribution is -0.127. The summed E-state index contributed by atoms with van der Waals surface area (Å²) >= 11 is 0.